The maximum atomic E-state index is 6.27. The van der Waals surface area contributed by atoms with Crippen LogP contribution in [0.25, 0.3) is 110 Å². The molecule has 1 nitrogen and oxygen atoms in total. The van der Waals surface area contributed by atoms with E-state index in [4.69, 9.17) is 4.42 Å². The van der Waals surface area contributed by atoms with Gasteiger partial charge in [0.05, 0.1) is 0 Å². The van der Waals surface area contributed by atoms with Crippen LogP contribution in [0.1, 0.15) is 0 Å². The molecular weight excluding hydrogens is 665 g/mol. The Bertz CT molecular complexity index is 3170. The minimum absolute atomic E-state index is 0.905. The van der Waals surface area contributed by atoms with Crippen molar-refractivity contribution in [3.63, 3.8) is 0 Å². The van der Waals surface area contributed by atoms with Crippen LogP contribution >= 0.6 is 0 Å². The summed E-state index contributed by atoms with van der Waals surface area (Å²) >= 11 is 0. The van der Waals surface area contributed by atoms with Crippen molar-refractivity contribution in [3.8, 4) is 55.6 Å². The third-order valence-corrected chi connectivity index (χ3v) is 11.3. The quantitative estimate of drug-likeness (QED) is 0.163. The monoisotopic (exact) mass is 698 g/mol. The first-order chi connectivity index (χ1) is 27.2. The van der Waals surface area contributed by atoms with Gasteiger partial charge >= 0.3 is 0 Å². The first kappa shape index (κ1) is 31.3. The molecule has 0 unspecified atom stereocenters. The van der Waals surface area contributed by atoms with Crippen molar-refractivity contribution >= 4 is 54.3 Å². The molecule has 1 heteroatoms. The summed E-state index contributed by atoms with van der Waals surface area (Å²) in [6, 6.07) is 74.8. The van der Waals surface area contributed by atoms with Gasteiger partial charge in [-0.2, -0.15) is 0 Å². The predicted octanol–water partition coefficient (Wildman–Crippen LogP) is 15.4. The van der Waals surface area contributed by atoms with Gasteiger partial charge in [0.15, 0.2) is 0 Å². The molecule has 0 aliphatic heterocycles. The minimum atomic E-state index is 0.905. The molecule has 1 heterocycles. The van der Waals surface area contributed by atoms with E-state index in [0.717, 1.165) is 21.9 Å². The number of rotatable bonds is 5. The number of hydrogen-bond acceptors (Lipinski definition) is 1. The molecule has 0 radical (unpaired) electrons. The molecule has 0 spiro atoms. The van der Waals surface area contributed by atoms with Gasteiger partial charge in [0, 0.05) is 10.8 Å². The third-order valence-electron chi connectivity index (χ3n) is 11.3. The molecule has 0 aliphatic carbocycles. The SMILES string of the molecule is c1ccc(-c2ccc3oc4ccc(-c5ccc(-c6c7ccccc7c(-c7ccc(-c8ccc9ccccc9c8)cc7)c7ccccc67)cc5)cc4c3c2)cc1. The molecule has 0 atom stereocenters. The zero-order valence-electron chi connectivity index (χ0n) is 30.0. The lowest BCUT2D eigenvalue weighted by Crippen LogP contribution is -1.91. The van der Waals surface area contributed by atoms with E-state index in [1.807, 2.05) is 0 Å². The lowest BCUT2D eigenvalue weighted by Gasteiger charge is -2.18. The Labute approximate surface area is 319 Å². The Morgan fingerprint density at radius 1 is 0.218 bits per heavy atom. The average Bonchev–Trinajstić information content (AvgIpc) is 3.63. The van der Waals surface area contributed by atoms with Crippen molar-refractivity contribution in [1.82, 2.24) is 0 Å². The van der Waals surface area contributed by atoms with E-state index in [2.05, 4.69) is 206 Å². The standard InChI is InChI=1S/C54H34O/c1-2-10-35(11-3-1)43-28-30-51-49(33-43)50-34-44(29-31-52(50)55-51)38-20-25-40(26-21-38)54-47-16-8-6-14-45(47)53(46-15-7-9-17-48(46)54)39-23-18-37(19-24-39)42-27-22-36-12-4-5-13-41(36)32-42/h1-34H. The normalized spacial score (nSPS) is 11.6. The number of fused-ring (bicyclic) bond motifs is 6. The van der Waals surface area contributed by atoms with Crippen molar-refractivity contribution in [2.75, 3.05) is 0 Å². The molecule has 10 aromatic carbocycles. The van der Waals surface area contributed by atoms with Crippen molar-refractivity contribution in [2.24, 2.45) is 0 Å². The summed E-state index contributed by atoms with van der Waals surface area (Å²) in [5.41, 5.74) is 14.0. The highest BCUT2D eigenvalue weighted by molar-refractivity contribution is 6.21. The highest BCUT2D eigenvalue weighted by Gasteiger charge is 2.17. The Hall–Kier alpha value is -7.22. The molecule has 0 aliphatic rings. The van der Waals surface area contributed by atoms with E-state index in [1.54, 1.807) is 0 Å². The van der Waals surface area contributed by atoms with Gasteiger partial charge in [0.2, 0.25) is 0 Å². The zero-order valence-corrected chi connectivity index (χ0v) is 30.0. The molecule has 0 amide bonds. The number of furan rings is 1. The second-order valence-electron chi connectivity index (χ2n) is 14.4. The molecule has 11 aromatic rings. The maximum absolute atomic E-state index is 6.27. The first-order valence-corrected chi connectivity index (χ1v) is 18.9. The minimum Gasteiger partial charge on any atom is -0.456 e. The van der Waals surface area contributed by atoms with Crippen LogP contribution in [0, 0.1) is 0 Å². The predicted molar refractivity (Wildman–Crippen MR) is 233 cm³/mol. The topological polar surface area (TPSA) is 13.1 Å². The Balaban J connectivity index is 0.990. The Kier molecular flexibility index (Phi) is 7.25. The van der Waals surface area contributed by atoms with Gasteiger partial charge in [-0.15, -0.1) is 0 Å². The third kappa shape index (κ3) is 5.32. The van der Waals surface area contributed by atoms with E-state index in [0.29, 0.717) is 0 Å². The molecular formula is C54H34O. The van der Waals surface area contributed by atoms with Gasteiger partial charge in [-0.1, -0.05) is 176 Å². The van der Waals surface area contributed by atoms with Gasteiger partial charge in [0.1, 0.15) is 11.2 Å². The first-order valence-electron chi connectivity index (χ1n) is 18.9. The van der Waals surface area contributed by atoms with E-state index < -0.39 is 0 Å². The Morgan fingerprint density at radius 2 is 0.582 bits per heavy atom. The zero-order chi connectivity index (χ0) is 36.3. The summed E-state index contributed by atoms with van der Waals surface area (Å²) in [4.78, 5) is 0. The highest BCUT2D eigenvalue weighted by Crippen LogP contribution is 2.44. The van der Waals surface area contributed by atoms with Gasteiger partial charge < -0.3 is 4.42 Å². The fourth-order valence-electron chi connectivity index (χ4n) is 8.55. The fraction of sp³-hybridized carbons (Fsp3) is 0. The van der Waals surface area contributed by atoms with Crippen molar-refractivity contribution < 1.29 is 4.42 Å². The smallest absolute Gasteiger partial charge is 0.135 e. The van der Waals surface area contributed by atoms with Crippen LogP contribution in [0.5, 0.6) is 0 Å². The molecule has 1 aromatic heterocycles. The van der Waals surface area contributed by atoms with Crippen LogP contribution in [-0.4, -0.2) is 0 Å². The Morgan fingerprint density at radius 3 is 1.09 bits per heavy atom. The van der Waals surface area contributed by atoms with E-state index in [9.17, 15) is 0 Å². The maximum Gasteiger partial charge on any atom is 0.135 e. The molecule has 11 rings (SSSR count). The summed E-state index contributed by atoms with van der Waals surface area (Å²) in [5, 5.41) is 9.80. The molecule has 0 fully saturated rings. The average molecular weight is 699 g/mol. The molecule has 0 saturated heterocycles. The molecule has 256 valence electrons. The van der Waals surface area contributed by atoms with Gasteiger partial charge in [0.25, 0.3) is 0 Å². The van der Waals surface area contributed by atoms with E-state index in [1.165, 1.54) is 88.0 Å². The number of hydrogen-bond donors (Lipinski definition) is 0. The summed E-state index contributed by atoms with van der Waals surface area (Å²) in [5.74, 6) is 0. The van der Waals surface area contributed by atoms with Gasteiger partial charge in [-0.3, -0.25) is 0 Å². The van der Waals surface area contributed by atoms with Crippen LogP contribution in [0.4, 0.5) is 0 Å². The lowest BCUT2D eigenvalue weighted by atomic mass is 9.85. The summed E-state index contributed by atoms with van der Waals surface area (Å²) < 4.78 is 6.27. The number of benzene rings is 10. The molecule has 0 saturated carbocycles. The van der Waals surface area contributed by atoms with E-state index in [-0.39, 0.29) is 0 Å². The lowest BCUT2D eigenvalue weighted by molar-refractivity contribution is 0.669. The largest absolute Gasteiger partial charge is 0.456 e. The molecule has 0 bridgehead atoms. The molecule has 55 heavy (non-hydrogen) atoms. The fourth-order valence-corrected chi connectivity index (χ4v) is 8.55. The van der Waals surface area contributed by atoms with Crippen molar-refractivity contribution in [2.45, 2.75) is 0 Å². The van der Waals surface area contributed by atoms with Crippen LogP contribution in [0.15, 0.2) is 211 Å². The van der Waals surface area contributed by atoms with Crippen LogP contribution < -0.4 is 0 Å². The van der Waals surface area contributed by atoms with Gasteiger partial charge in [-0.05, 0) is 118 Å². The summed E-state index contributed by atoms with van der Waals surface area (Å²) in [6.45, 7) is 0. The second-order valence-corrected chi connectivity index (χ2v) is 14.4. The van der Waals surface area contributed by atoms with Crippen molar-refractivity contribution in [3.05, 3.63) is 206 Å². The van der Waals surface area contributed by atoms with Gasteiger partial charge in [-0.25, -0.2) is 0 Å². The second kappa shape index (κ2) is 12.7. The molecule has 0 N–H and O–H groups in total. The summed E-state index contributed by atoms with van der Waals surface area (Å²) in [7, 11) is 0. The summed E-state index contributed by atoms with van der Waals surface area (Å²) in [6.07, 6.45) is 0. The van der Waals surface area contributed by atoms with Crippen LogP contribution in [0.3, 0.4) is 0 Å². The highest BCUT2D eigenvalue weighted by atomic mass is 16.3. The van der Waals surface area contributed by atoms with E-state index >= 15 is 0 Å². The van der Waals surface area contributed by atoms with Crippen LogP contribution in [0.2, 0.25) is 0 Å². The van der Waals surface area contributed by atoms with Crippen molar-refractivity contribution in [1.29, 1.82) is 0 Å². The van der Waals surface area contributed by atoms with Crippen LogP contribution in [-0.2, 0) is 0 Å².